The predicted molar refractivity (Wildman–Crippen MR) is 60.0 cm³/mol. The van der Waals surface area contributed by atoms with Gasteiger partial charge >= 0.3 is 6.18 Å². The minimum absolute atomic E-state index is 0.266. The van der Waals surface area contributed by atoms with Crippen LogP contribution in [0.5, 0.6) is 0 Å². The molecule has 0 radical (unpaired) electrons. The maximum Gasteiger partial charge on any atom is 0.390 e. The van der Waals surface area contributed by atoms with Crippen LogP contribution in [-0.4, -0.2) is 22.5 Å². The van der Waals surface area contributed by atoms with E-state index in [1.54, 1.807) is 6.92 Å². The standard InChI is InChI=1S/C10H15ClF3N3/c1-3-15-8(5-10(12,13)14)9-7(11)6-16-17(9)4-2/h6,8,15H,3-5H2,1-2H3. The van der Waals surface area contributed by atoms with Gasteiger partial charge in [0.05, 0.1) is 29.4 Å². The quantitative estimate of drug-likeness (QED) is 0.890. The molecule has 1 N–H and O–H groups in total. The maximum atomic E-state index is 12.5. The summed E-state index contributed by atoms with van der Waals surface area (Å²) in [4.78, 5) is 0. The largest absolute Gasteiger partial charge is 0.390 e. The molecule has 0 saturated carbocycles. The summed E-state index contributed by atoms with van der Waals surface area (Å²) in [5.41, 5.74) is 0.397. The first-order chi connectivity index (χ1) is 7.89. The van der Waals surface area contributed by atoms with E-state index < -0.39 is 18.6 Å². The molecule has 7 heteroatoms. The first kappa shape index (κ1) is 14.3. The molecule has 1 unspecified atom stereocenters. The molecule has 0 saturated heterocycles. The molecule has 3 nitrogen and oxygen atoms in total. The van der Waals surface area contributed by atoms with Crippen LogP contribution >= 0.6 is 11.6 Å². The van der Waals surface area contributed by atoms with Crippen LogP contribution in [0, 0.1) is 0 Å². The highest BCUT2D eigenvalue weighted by Gasteiger charge is 2.34. The van der Waals surface area contributed by atoms with E-state index in [-0.39, 0.29) is 5.02 Å². The van der Waals surface area contributed by atoms with Gasteiger partial charge in [0.25, 0.3) is 0 Å². The van der Waals surface area contributed by atoms with Crippen LogP contribution in [-0.2, 0) is 6.54 Å². The molecule has 0 aromatic carbocycles. The van der Waals surface area contributed by atoms with Crippen molar-refractivity contribution in [2.75, 3.05) is 6.54 Å². The molecule has 1 heterocycles. The average Bonchev–Trinajstić information content (AvgIpc) is 2.57. The lowest BCUT2D eigenvalue weighted by molar-refractivity contribution is -0.140. The zero-order valence-corrected chi connectivity index (χ0v) is 10.4. The van der Waals surface area contributed by atoms with Crippen molar-refractivity contribution in [2.45, 2.75) is 39.0 Å². The zero-order valence-electron chi connectivity index (χ0n) is 9.68. The highest BCUT2D eigenvalue weighted by molar-refractivity contribution is 6.31. The number of aryl methyl sites for hydroxylation is 1. The van der Waals surface area contributed by atoms with E-state index in [4.69, 9.17) is 11.6 Å². The molecule has 0 aliphatic heterocycles. The number of nitrogens with zero attached hydrogens (tertiary/aromatic N) is 2. The third-order valence-electron chi connectivity index (χ3n) is 2.35. The third kappa shape index (κ3) is 3.89. The predicted octanol–water partition coefficient (Wildman–Crippen LogP) is 3.16. The summed E-state index contributed by atoms with van der Waals surface area (Å²) >= 11 is 5.89. The smallest absolute Gasteiger partial charge is 0.309 e. The summed E-state index contributed by atoms with van der Waals surface area (Å²) < 4.78 is 38.9. The van der Waals surface area contributed by atoms with Crippen molar-refractivity contribution in [1.82, 2.24) is 15.1 Å². The van der Waals surface area contributed by atoms with Gasteiger partial charge in [-0.2, -0.15) is 18.3 Å². The van der Waals surface area contributed by atoms with Crippen LogP contribution < -0.4 is 5.32 Å². The number of alkyl halides is 3. The Morgan fingerprint density at radius 1 is 1.47 bits per heavy atom. The van der Waals surface area contributed by atoms with E-state index in [1.165, 1.54) is 10.9 Å². The van der Waals surface area contributed by atoms with E-state index in [1.807, 2.05) is 6.92 Å². The molecule has 0 spiro atoms. The van der Waals surface area contributed by atoms with Gasteiger partial charge in [-0.25, -0.2) is 0 Å². The van der Waals surface area contributed by atoms with Gasteiger partial charge in [0.2, 0.25) is 0 Å². The molecule has 0 aliphatic rings. The Bertz CT molecular complexity index is 362. The molecule has 1 rings (SSSR count). The Balaban J connectivity index is 3.00. The van der Waals surface area contributed by atoms with Gasteiger partial charge < -0.3 is 5.32 Å². The first-order valence-electron chi connectivity index (χ1n) is 5.40. The fourth-order valence-electron chi connectivity index (χ4n) is 1.71. The van der Waals surface area contributed by atoms with E-state index in [2.05, 4.69) is 10.4 Å². The van der Waals surface area contributed by atoms with Crippen LogP contribution in [0.15, 0.2) is 6.20 Å². The maximum absolute atomic E-state index is 12.5. The number of hydrogen-bond donors (Lipinski definition) is 1. The monoisotopic (exact) mass is 269 g/mol. The highest BCUT2D eigenvalue weighted by atomic mass is 35.5. The number of nitrogens with one attached hydrogen (secondary N) is 1. The highest BCUT2D eigenvalue weighted by Crippen LogP contribution is 2.32. The lowest BCUT2D eigenvalue weighted by Gasteiger charge is -2.21. The SMILES string of the molecule is CCNC(CC(F)(F)F)c1c(Cl)cnn1CC. The summed E-state index contributed by atoms with van der Waals surface area (Å²) in [6.07, 6.45) is -3.81. The van der Waals surface area contributed by atoms with E-state index >= 15 is 0 Å². The molecular formula is C10H15ClF3N3. The molecule has 0 amide bonds. The Hall–Kier alpha value is -0.750. The summed E-state index contributed by atoms with van der Waals surface area (Å²) in [7, 11) is 0. The van der Waals surface area contributed by atoms with Crippen LogP contribution in [0.3, 0.4) is 0 Å². The Kier molecular flexibility index (Phi) is 4.82. The normalized spacial score (nSPS) is 14.0. The van der Waals surface area contributed by atoms with E-state index in [0.717, 1.165) is 0 Å². The number of aromatic nitrogens is 2. The molecule has 98 valence electrons. The average molecular weight is 270 g/mol. The summed E-state index contributed by atoms with van der Waals surface area (Å²) in [5, 5.41) is 7.00. The summed E-state index contributed by atoms with van der Waals surface area (Å²) in [6, 6.07) is -0.852. The van der Waals surface area contributed by atoms with Crippen molar-refractivity contribution in [2.24, 2.45) is 0 Å². The van der Waals surface area contributed by atoms with E-state index in [0.29, 0.717) is 18.8 Å². The second-order valence-electron chi connectivity index (χ2n) is 3.62. The number of rotatable bonds is 5. The molecule has 0 fully saturated rings. The summed E-state index contributed by atoms with van der Waals surface area (Å²) in [5.74, 6) is 0. The topological polar surface area (TPSA) is 29.9 Å². The first-order valence-corrected chi connectivity index (χ1v) is 5.78. The van der Waals surface area contributed by atoms with Crippen molar-refractivity contribution in [3.05, 3.63) is 16.9 Å². The zero-order chi connectivity index (χ0) is 13.1. The van der Waals surface area contributed by atoms with Gasteiger partial charge in [0, 0.05) is 6.54 Å². The molecule has 0 bridgehead atoms. The fourth-order valence-corrected chi connectivity index (χ4v) is 1.99. The second-order valence-corrected chi connectivity index (χ2v) is 4.03. The summed E-state index contributed by atoms with van der Waals surface area (Å²) in [6.45, 7) is 4.49. The van der Waals surface area contributed by atoms with Crippen LogP contribution in [0.2, 0.25) is 5.02 Å². The van der Waals surface area contributed by atoms with Gasteiger partial charge in [-0.05, 0) is 13.5 Å². The van der Waals surface area contributed by atoms with Gasteiger partial charge in [-0.1, -0.05) is 18.5 Å². The van der Waals surface area contributed by atoms with Crippen molar-refractivity contribution in [1.29, 1.82) is 0 Å². The van der Waals surface area contributed by atoms with Crippen LogP contribution in [0.25, 0.3) is 0 Å². The van der Waals surface area contributed by atoms with Gasteiger partial charge in [-0.3, -0.25) is 4.68 Å². The van der Waals surface area contributed by atoms with Gasteiger partial charge in [-0.15, -0.1) is 0 Å². The van der Waals surface area contributed by atoms with Gasteiger partial charge in [0.1, 0.15) is 0 Å². The van der Waals surface area contributed by atoms with Crippen LogP contribution in [0.1, 0.15) is 32.0 Å². The molecule has 1 atom stereocenters. The van der Waals surface area contributed by atoms with Crippen molar-refractivity contribution in [3.8, 4) is 0 Å². The molecule has 17 heavy (non-hydrogen) atoms. The number of halogens is 4. The molecule has 1 aromatic heterocycles. The fraction of sp³-hybridized carbons (Fsp3) is 0.700. The third-order valence-corrected chi connectivity index (χ3v) is 2.64. The molecular weight excluding hydrogens is 255 g/mol. The number of hydrogen-bond acceptors (Lipinski definition) is 2. The second kappa shape index (κ2) is 5.73. The minimum atomic E-state index is -4.24. The molecule has 0 aliphatic carbocycles. The van der Waals surface area contributed by atoms with E-state index in [9.17, 15) is 13.2 Å². The Morgan fingerprint density at radius 2 is 2.12 bits per heavy atom. The Labute approximate surface area is 103 Å². The Morgan fingerprint density at radius 3 is 2.59 bits per heavy atom. The van der Waals surface area contributed by atoms with Crippen molar-refractivity contribution >= 4 is 11.6 Å². The lowest BCUT2D eigenvalue weighted by Crippen LogP contribution is -2.28. The van der Waals surface area contributed by atoms with Crippen molar-refractivity contribution < 1.29 is 13.2 Å². The lowest BCUT2D eigenvalue weighted by atomic mass is 10.1. The van der Waals surface area contributed by atoms with Gasteiger partial charge in [0.15, 0.2) is 0 Å². The minimum Gasteiger partial charge on any atom is -0.309 e. The van der Waals surface area contributed by atoms with Crippen LogP contribution in [0.4, 0.5) is 13.2 Å². The van der Waals surface area contributed by atoms with Crippen molar-refractivity contribution in [3.63, 3.8) is 0 Å². The molecule has 1 aromatic rings.